The third-order valence-corrected chi connectivity index (χ3v) is 9.99. The van der Waals surface area contributed by atoms with Crippen LogP contribution in [0.1, 0.15) is 22.3 Å². The predicted octanol–water partition coefficient (Wildman–Crippen LogP) is 11.3. The van der Waals surface area contributed by atoms with Gasteiger partial charge in [-0.3, -0.25) is 0 Å². The Kier molecular flexibility index (Phi) is 4.23. The largest absolute Gasteiger partial charge is 0.192 e. The molecule has 10 aromatic carbocycles. The van der Waals surface area contributed by atoms with Crippen molar-refractivity contribution in [2.45, 2.75) is 13.8 Å². The number of rotatable bonds is 0. The number of benzene rings is 8. The van der Waals surface area contributed by atoms with Gasteiger partial charge in [0.2, 0.25) is 0 Å². The number of hydrogen-bond acceptors (Lipinski definition) is 2. The minimum Gasteiger partial charge on any atom is -0.192 e. The van der Waals surface area contributed by atoms with Gasteiger partial charge in [0.15, 0.2) is 0 Å². The number of hydrogen-bond donors (Lipinski definition) is 0. The number of aryl methyl sites for hydroxylation is 2. The molecule has 0 unspecified atom stereocenters. The fourth-order valence-electron chi connectivity index (χ4n) is 8.34. The molecule has 0 aliphatic rings. The Morgan fingerprint density at radius 2 is 0.750 bits per heavy atom. The summed E-state index contributed by atoms with van der Waals surface area (Å²) in [6.45, 7) is 4.27. The molecule has 2 heteroatoms. The van der Waals surface area contributed by atoms with Gasteiger partial charge in [0, 0.05) is 21.5 Å². The smallest absolute Gasteiger partial charge is 0.100 e. The van der Waals surface area contributed by atoms with E-state index >= 15 is 0 Å². The topological polar surface area (TPSA) is 47.6 Å². The molecule has 2 nitrogen and oxygen atoms in total. The Labute approximate surface area is 252 Å². The van der Waals surface area contributed by atoms with Gasteiger partial charge in [0.25, 0.3) is 0 Å². The zero-order chi connectivity index (χ0) is 29.4. The van der Waals surface area contributed by atoms with Crippen LogP contribution in [0.25, 0.3) is 97.0 Å². The molecule has 0 amide bonds. The van der Waals surface area contributed by atoms with Crippen molar-refractivity contribution >= 4 is 97.0 Å². The molecule has 0 radical (unpaired) electrons. The van der Waals surface area contributed by atoms with Crippen molar-refractivity contribution in [3.8, 4) is 12.1 Å². The maximum atomic E-state index is 10.9. The van der Waals surface area contributed by atoms with Crippen LogP contribution in [0.5, 0.6) is 0 Å². The van der Waals surface area contributed by atoms with Crippen LogP contribution in [0, 0.1) is 36.5 Å². The van der Waals surface area contributed by atoms with Crippen molar-refractivity contribution in [1.29, 1.82) is 10.5 Å². The number of nitrogens with zero attached hydrogens (tertiary/aromatic N) is 2. The molecule has 0 heterocycles. The SMILES string of the molecule is Cc1cc2c3ccccc3cc3c4cc5c(C#N)c6c7cc(C)cc8c9ccccc9cc(c6c(C#N)c5cc4c(c1)c23)c87. The summed E-state index contributed by atoms with van der Waals surface area (Å²) in [7, 11) is 0. The summed E-state index contributed by atoms with van der Waals surface area (Å²) in [6.07, 6.45) is 0. The standard InChI is InChI=1S/C42H22N2/c1-21-11-31-25-9-5-3-7-23(25)15-34-28-18-30-29(17-27(28)33(13-21)39(31)34)38(20-44)42-36-16-24-8-4-6-10-26(24)32-12-22(2)14-35(40(32)36)41(42)37(30)19-43/h3-18H,1-2H3. The molecular formula is C42H22N2. The first kappa shape index (κ1) is 23.6. The first-order valence-corrected chi connectivity index (χ1v) is 15.0. The average molecular weight is 555 g/mol. The molecule has 0 aromatic heterocycles. The van der Waals surface area contributed by atoms with Crippen molar-refractivity contribution in [1.82, 2.24) is 0 Å². The Hall–Kier alpha value is -5.96. The highest BCUT2D eigenvalue weighted by molar-refractivity contribution is 6.40. The van der Waals surface area contributed by atoms with Crippen LogP contribution in [0.3, 0.4) is 0 Å². The zero-order valence-corrected chi connectivity index (χ0v) is 24.1. The second-order valence-electron chi connectivity index (χ2n) is 12.4. The van der Waals surface area contributed by atoms with Gasteiger partial charge in [-0.25, -0.2) is 0 Å². The van der Waals surface area contributed by atoms with Gasteiger partial charge in [-0.15, -0.1) is 0 Å². The van der Waals surface area contributed by atoms with Crippen LogP contribution in [-0.2, 0) is 0 Å². The van der Waals surface area contributed by atoms with Gasteiger partial charge in [-0.05, 0) is 125 Å². The van der Waals surface area contributed by atoms with E-state index < -0.39 is 0 Å². The fourth-order valence-corrected chi connectivity index (χ4v) is 8.34. The summed E-state index contributed by atoms with van der Waals surface area (Å²) < 4.78 is 0. The molecule has 0 aliphatic heterocycles. The first-order valence-electron chi connectivity index (χ1n) is 15.0. The molecule has 0 bridgehead atoms. The van der Waals surface area contributed by atoms with Gasteiger partial charge in [0.1, 0.15) is 12.1 Å². The molecule has 44 heavy (non-hydrogen) atoms. The molecular weight excluding hydrogens is 532 g/mol. The number of nitriles is 2. The van der Waals surface area contributed by atoms with Crippen molar-refractivity contribution in [2.24, 2.45) is 0 Å². The molecule has 0 spiro atoms. The highest BCUT2D eigenvalue weighted by atomic mass is 14.3. The van der Waals surface area contributed by atoms with Crippen LogP contribution in [-0.4, -0.2) is 0 Å². The van der Waals surface area contributed by atoms with Crippen LogP contribution < -0.4 is 0 Å². The van der Waals surface area contributed by atoms with Gasteiger partial charge in [-0.1, -0.05) is 72.8 Å². The maximum Gasteiger partial charge on any atom is 0.100 e. The molecule has 0 fully saturated rings. The van der Waals surface area contributed by atoms with E-state index in [0.717, 1.165) is 59.4 Å². The lowest BCUT2D eigenvalue weighted by molar-refractivity contribution is 1.51. The zero-order valence-electron chi connectivity index (χ0n) is 24.1. The minimum atomic E-state index is 0.646. The van der Waals surface area contributed by atoms with E-state index in [0.29, 0.717) is 11.1 Å². The normalized spacial score (nSPS) is 12.3. The lowest BCUT2D eigenvalue weighted by atomic mass is 9.91. The highest BCUT2D eigenvalue weighted by Crippen LogP contribution is 2.49. The van der Waals surface area contributed by atoms with E-state index in [-0.39, 0.29) is 0 Å². The van der Waals surface area contributed by atoms with E-state index in [2.05, 4.69) is 123 Å². The molecule has 10 rings (SSSR count). The third kappa shape index (κ3) is 2.70. The molecule has 0 saturated carbocycles. The molecule has 0 atom stereocenters. The monoisotopic (exact) mass is 554 g/mol. The summed E-state index contributed by atoms with van der Waals surface area (Å²) >= 11 is 0. The molecule has 0 aliphatic carbocycles. The fraction of sp³-hybridized carbons (Fsp3) is 0.0476. The quantitative estimate of drug-likeness (QED) is 0.175. The van der Waals surface area contributed by atoms with Crippen LogP contribution >= 0.6 is 0 Å². The van der Waals surface area contributed by atoms with Gasteiger partial charge < -0.3 is 0 Å². The van der Waals surface area contributed by atoms with Gasteiger partial charge >= 0.3 is 0 Å². The van der Waals surface area contributed by atoms with E-state index in [1.165, 1.54) is 48.7 Å². The summed E-state index contributed by atoms with van der Waals surface area (Å²) in [4.78, 5) is 0. The summed E-state index contributed by atoms with van der Waals surface area (Å²) in [5.41, 5.74) is 3.64. The van der Waals surface area contributed by atoms with Gasteiger partial charge in [-0.2, -0.15) is 10.5 Å². The predicted molar refractivity (Wildman–Crippen MR) is 185 cm³/mol. The van der Waals surface area contributed by atoms with E-state index in [1.54, 1.807) is 0 Å². The minimum absolute atomic E-state index is 0.646. The first-order chi connectivity index (χ1) is 21.6. The van der Waals surface area contributed by atoms with Crippen molar-refractivity contribution in [3.63, 3.8) is 0 Å². The molecule has 200 valence electrons. The Morgan fingerprint density at radius 1 is 0.364 bits per heavy atom. The van der Waals surface area contributed by atoms with Crippen molar-refractivity contribution in [3.05, 3.63) is 119 Å². The van der Waals surface area contributed by atoms with E-state index in [1.807, 2.05) is 0 Å². The lowest BCUT2D eigenvalue weighted by Gasteiger charge is -2.09. The second kappa shape index (κ2) is 7.90. The molecule has 10 aromatic rings. The second-order valence-corrected chi connectivity index (χ2v) is 12.4. The summed E-state index contributed by atoms with van der Waals surface area (Å²) in [6, 6.07) is 40.2. The lowest BCUT2D eigenvalue weighted by Crippen LogP contribution is -1.88. The Balaban J connectivity index is 1.51. The van der Waals surface area contributed by atoms with Crippen LogP contribution in [0.4, 0.5) is 0 Å². The summed E-state index contributed by atoms with van der Waals surface area (Å²) in [5, 5.41) is 41.6. The highest BCUT2D eigenvalue weighted by Gasteiger charge is 2.25. The van der Waals surface area contributed by atoms with E-state index in [9.17, 15) is 10.5 Å². The summed E-state index contributed by atoms with van der Waals surface area (Å²) in [5.74, 6) is 0. The average Bonchev–Trinajstić information content (AvgIpc) is 3.51. The molecule has 0 N–H and O–H groups in total. The molecule has 0 saturated heterocycles. The maximum absolute atomic E-state index is 10.9. The third-order valence-electron chi connectivity index (χ3n) is 9.99. The van der Waals surface area contributed by atoms with Crippen LogP contribution in [0.2, 0.25) is 0 Å². The van der Waals surface area contributed by atoms with Crippen molar-refractivity contribution < 1.29 is 0 Å². The Bertz CT molecular complexity index is 3020. The van der Waals surface area contributed by atoms with Crippen molar-refractivity contribution in [2.75, 3.05) is 0 Å². The number of fused-ring (bicyclic) bond motifs is 11. The Morgan fingerprint density at radius 3 is 1.27 bits per heavy atom. The van der Waals surface area contributed by atoms with Crippen LogP contribution in [0.15, 0.2) is 97.1 Å². The van der Waals surface area contributed by atoms with Gasteiger partial charge in [0.05, 0.1) is 11.1 Å². The van der Waals surface area contributed by atoms with E-state index in [4.69, 9.17) is 0 Å².